The third kappa shape index (κ3) is 3.14. The van der Waals surface area contributed by atoms with Gasteiger partial charge in [-0.1, -0.05) is 11.6 Å². The first-order valence-corrected chi connectivity index (χ1v) is 7.00. The van der Waals surface area contributed by atoms with Gasteiger partial charge in [-0.05, 0) is 25.5 Å². The van der Waals surface area contributed by atoms with E-state index in [4.69, 9.17) is 21.1 Å². The number of amides is 1. The third-order valence-corrected chi connectivity index (χ3v) is 3.72. The summed E-state index contributed by atoms with van der Waals surface area (Å²) in [4.78, 5) is 16.6. The molecule has 0 saturated carbocycles. The molecule has 0 aliphatic heterocycles. The highest BCUT2D eigenvalue weighted by atomic mass is 35.5. The van der Waals surface area contributed by atoms with Crippen molar-refractivity contribution >= 4 is 23.2 Å². The molecule has 116 valence electrons. The van der Waals surface area contributed by atoms with Crippen molar-refractivity contribution in [2.24, 2.45) is 0 Å². The topological polar surface area (TPSA) is 60.5 Å². The number of methoxy groups -OCH3 is 2. The van der Waals surface area contributed by atoms with Gasteiger partial charge < -0.3 is 14.8 Å². The molecule has 0 spiro atoms. The monoisotopic (exact) mass is 320 g/mol. The molecule has 2 aromatic rings. The summed E-state index contributed by atoms with van der Waals surface area (Å²) in [5, 5.41) is 3.23. The normalized spacial score (nSPS) is 10.2. The fraction of sp³-hybridized carbons (Fsp3) is 0.250. The van der Waals surface area contributed by atoms with Crippen LogP contribution in [0.5, 0.6) is 11.5 Å². The maximum absolute atomic E-state index is 12.5. The number of carbonyl (C=O) groups excluding carboxylic acids is 1. The van der Waals surface area contributed by atoms with Gasteiger partial charge in [-0.25, -0.2) is 0 Å². The second kappa shape index (κ2) is 6.66. The Morgan fingerprint density at radius 3 is 2.50 bits per heavy atom. The molecule has 5 nitrogen and oxygen atoms in total. The number of anilines is 1. The van der Waals surface area contributed by atoms with E-state index in [2.05, 4.69) is 10.3 Å². The minimum atomic E-state index is -0.245. The smallest absolute Gasteiger partial charge is 0.256 e. The van der Waals surface area contributed by atoms with E-state index in [1.807, 2.05) is 13.8 Å². The number of nitrogens with zero attached hydrogens (tertiary/aromatic N) is 1. The molecule has 6 heteroatoms. The number of carbonyl (C=O) groups is 1. The van der Waals surface area contributed by atoms with E-state index in [0.717, 1.165) is 11.3 Å². The van der Waals surface area contributed by atoms with Crippen LogP contribution in [0.25, 0.3) is 0 Å². The molecule has 2 rings (SSSR count). The van der Waals surface area contributed by atoms with Crippen LogP contribution in [-0.4, -0.2) is 25.1 Å². The molecule has 1 N–H and O–H groups in total. The molecule has 0 radical (unpaired) electrons. The fourth-order valence-corrected chi connectivity index (χ4v) is 2.26. The SMILES string of the molecule is COc1cc(NC(=O)c2ccnc(C)c2C)c(OC)cc1Cl. The minimum Gasteiger partial charge on any atom is -0.495 e. The van der Waals surface area contributed by atoms with Crippen LogP contribution >= 0.6 is 11.6 Å². The summed E-state index contributed by atoms with van der Waals surface area (Å²) >= 11 is 6.05. The molecule has 0 aliphatic rings. The summed E-state index contributed by atoms with van der Waals surface area (Å²) in [7, 11) is 3.02. The first-order chi connectivity index (χ1) is 10.5. The summed E-state index contributed by atoms with van der Waals surface area (Å²) in [5.41, 5.74) is 2.69. The van der Waals surface area contributed by atoms with Gasteiger partial charge in [0.15, 0.2) is 0 Å². The first kappa shape index (κ1) is 16.1. The summed E-state index contributed by atoms with van der Waals surface area (Å²) in [6, 6.07) is 4.90. The summed E-state index contributed by atoms with van der Waals surface area (Å²) in [6.07, 6.45) is 1.61. The van der Waals surface area contributed by atoms with Crippen molar-refractivity contribution < 1.29 is 14.3 Å². The Morgan fingerprint density at radius 2 is 1.86 bits per heavy atom. The van der Waals surface area contributed by atoms with Crippen molar-refractivity contribution in [1.82, 2.24) is 4.98 Å². The zero-order valence-electron chi connectivity index (χ0n) is 12.9. The summed E-state index contributed by atoms with van der Waals surface area (Å²) < 4.78 is 10.4. The van der Waals surface area contributed by atoms with Gasteiger partial charge in [0.25, 0.3) is 5.91 Å². The van der Waals surface area contributed by atoms with E-state index in [0.29, 0.717) is 27.8 Å². The number of rotatable bonds is 4. The van der Waals surface area contributed by atoms with Crippen molar-refractivity contribution in [3.05, 3.63) is 46.2 Å². The molecule has 0 bridgehead atoms. The van der Waals surface area contributed by atoms with Gasteiger partial charge in [-0.3, -0.25) is 9.78 Å². The number of aromatic nitrogens is 1. The van der Waals surface area contributed by atoms with E-state index >= 15 is 0 Å². The Balaban J connectivity index is 2.37. The molecule has 1 aromatic carbocycles. The van der Waals surface area contributed by atoms with Crippen LogP contribution in [-0.2, 0) is 0 Å². The standard InChI is InChI=1S/C16H17ClN2O3/c1-9-10(2)18-6-5-11(9)16(20)19-13-8-14(21-3)12(17)7-15(13)22-4/h5-8H,1-4H3,(H,19,20). The van der Waals surface area contributed by atoms with Gasteiger partial charge >= 0.3 is 0 Å². The lowest BCUT2D eigenvalue weighted by Gasteiger charge is -2.14. The molecule has 1 heterocycles. The van der Waals surface area contributed by atoms with E-state index in [1.165, 1.54) is 14.2 Å². The van der Waals surface area contributed by atoms with E-state index in [9.17, 15) is 4.79 Å². The van der Waals surface area contributed by atoms with Crippen LogP contribution < -0.4 is 14.8 Å². The number of hydrogen-bond donors (Lipinski definition) is 1. The van der Waals surface area contributed by atoms with Gasteiger partial charge in [0, 0.05) is 29.6 Å². The lowest BCUT2D eigenvalue weighted by Crippen LogP contribution is -2.15. The highest BCUT2D eigenvalue weighted by molar-refractivity contribution is 6.32. The maximum atomic E-state index is 12.5. The number of benzene rings is 1. The molecule has 0 atom stereocenters. The lowest BCUT2D eigenvalue weighted by molar-refractivity contribution is 0.102. The highest BCUT2D eigenvalue weighted by Crippen LogP contribution is 2.36. The number of hydrogen-bond acceptors (Lipinski definition) is 4. The maximum Gasteiger partial charge on any atom is 0.256 e. The molecule has 1 amide bonds. The Bertz CT molecular complexity index is 717. The number of halogens is 1. The van der Waals surface area contributed by atoms with Crippen LogP contribution in [0.1, 0.15) is 21.6 Å². The van der Waals surface area contributed by atoms with Crippen LogP contribution in [0, 0.1) is 13.8 Å². The molecular weight excluding hydrogens is 304 g/mol. The van der Waals surface area contributed by atoms with Crippen LogP contribution in [0.15, 0.2) is 24.4 Å². The fourth-order valence-electron chi connectivity index (χ4n) is 2.03. The van der Waals surface area contributed by atoms with Crippen molar-refractivity contribution in [2.45, 2.75) is 13.8 Å². The number of ether oxygens (including phenoxy) is 2. The molecule has 0 fully saturated rings. The molecular formula is C16H17ClN2O3. The zero-order valence-corrected chi connectivity index (χ0v) is 13.6. The average molecular weight is 321 g/mol. The predicted molar refractivity (Wildman–Crippen MR) is 86.2 cm³/mol. The average Bonchev–Trinajstić information content (AvgIpc) is 2.51. The molecule has 0 unspecified atom stereocenters. The molecule has 0 saturated heterocycles. The van der Waals surface area contributed by atoms with E-state index in [1.54, 1.807) is 24.4 Å². The predicted octanol–water partition coefficient (Wildman–Crippen LogP) is 3.62. The van der Waals surface area contributed by atoms with Crippen molar-refractivity contribution in [3.63, 3.8) is 0 Å². The summed E-state index contributed by atoms with van der Waals surface area (Å²) in [6.45, 7) is 3.72. The van der Waals surface area contributed by atoms with Gasteiger partial charge in [0.05, 0.1) is 24.9 Å². The van der Waals surface area contributed by atoms with E-state index in [-0.39, 0.29) is 5.91 Å². The van der Waals surface area contributed by atoms with Crippen molar-refractivity contribution in [3.8, 4) is 11.5 Å². The highest BCUT2D eigenvalue weighted by Gasteiger charge is 2.15. The van der Waals surface area contributed by atoms with Crippen molar-refractivity contribution in [2.75, 3.05) is 19.5 Å². The second-order valence-corrected chi connectivity index (χ2v) is 5.12. The quantitative estimate of drug-likeness (QED) is 0.934. The Labute approximate surface area is 134 Å². The number of nitrogens with one attached hydrogen (secondary N) is 1. The Morgan fingerprint density at radius 1 is 1.18 bits per heavy atom. The van der Waals surface area contributed by atoms with Gasteiger partial charge in [-0.15, -0.1) is 0 Å². The first-order valence-electron chi connectivity index (χ1n) is 6.63. The van der Waals surface area contributed by atoms with Crippen LogP contribution in [0.3, 0.4) is 0 Å². The molecule has 0 aliphatic carbocycles. The molecule has 1 aromatic heterocycles. The Hall–Kier alpha value is -2.27. The third-order valence-electron chi connectivity index (χ3n) is 3.42. The largest absolute Gasteiger partial charge is 0.495 e. The summed E-state index contributed by atoms with van der Waals surface area (Å²) in [5.74, 6) is 0.675. The van der Waals surface area contributed by atoms with E-state index < -0.39 is 0 Å². The van der Waals surface area contributed by atoms with Crippen molar-refractivity contribution in [1.29, 1.82) is 0 Å². The van der Waals surface area contributed by atoms with Crippen LogP contribution in [0.2, 0.25) is 5.02 Å². The van der Waals surface area contributed by atoms with Crippen LogP contribution in [0.4, 0.5) is 5.69 Å². The van der Waals surface area contributed by atoms with Gasteiger partial charge in [0.2, 0.25) is 0 Å². The lowest BCUT2D eigenvalue weighted by atomic mass is 10.1. The second-order valence-electron chi connectivity index (χ2n) is 4.71. The minimum absolute atomic E-state index is 0.245. The van der Waals surface area contributed by atoms with Gasteiger partial charge in [-0.2, -0.15) is 0 Å². The number of pyridine rings is 1. The Kier molecular flexibility index (Phi) is 4.88. The molecule has 22 heavy (non-hydrogen) atoms. The van der Waals surface area contributed by atoms with Gasteiger partial charge in [0.1, 0.15) is 11.5 Å². The zero-order chi connectivity index (χ0) is 16.3. The number of aryl methyl sites for hydroxylation is 1.